The molecule has 1 fully saturated rings. The van der Waals surface area contributed by atoms with E-state index >= 15 is 0 Å². The van der Waals surface area contributed by atoms with Gasteiger partial charge in [0.2, 0.25) is 0 Å². The van der Waals surface area contributed by atoms with Crippen molar-refractivity contribution in [3.8, 4) is 0 Å². The highest BCUT2D eigenvalue weighted by Crippen LogP contribution is 2.31. The van der Waals surface area contributed by atoms with Gasteiger partial charge in [-0.05, 0) is 37.8 Å². The molecule has 0 bridgehead atoms. The molecular weight excluding hydrogens is 320 g/mol. The molecule has 0 radical (unpaired) electrons. The number of carboxylic acids is 1. The number of pyridine rings is 1. The summed E-state index contributed by atoms with van der Waals surface area (Å²) in [6.07, 6.45) is 1.44. The smallest absolute Gasteiger partial charge is 0.334 e. The normalized spacial score (nSPS) is 22.8. The molecule has 1 saturated heterocycles. The first-order valence-corrected chi connectivity index (χ1v) is 8.62. The molecule has 1 aliphatic carbocycles. The van der Waals surface area contributed by atoms with Crippen LogP contribution in [0.25, 0.3) is 10.9 Å². The summed E-state index contributed by atoms with van der Waals surface area (Å²) < 4.78 is 5.44. The number of aryl methyl sites for hydroxylation is 1. The summed E-state index contributed by atoms with van der Waals surface area (Å²) in [4.78, 5) is 31.0. The zero-order chi connectivity index (χ0) is 17.6. The molecule has 2 aromatic rings. The summed E-state index contributed by atoms with van der Waals surface area (Å²) in [5.74, 6) is -1.15. The van der Waals surface area contributed by atoms with Crippen LogP contribution in [0.1, 0.15) is 35.0 Å². The number of para-hydroxylation sites is 1. The number of ether oxygens (including phenoxy) is 1. The number of morpholine rings is 1. The van der Waals surface area contributed by atoms with Crippen molar-refractivity contribution < 1.29 is 19.4 Å². The van der Waals surface area contributed by atoms with Crippen molar-refractivity contribution in [2.75, 3.05) is 13.1 Å². The fourth-order valence-electron chi connectivity index (χ4n) is 3.87. The number of carbonyl (C=O) groups excluding carboxylic acids is 1. The molecule has 1 unspecified atom stereocenters. The van der Waals surface area contributed by atoms with Crippen LogP contribution in [0.3, 0.4) is 0 Å². The van der Waals surface area contributed by atoms with Gasteiger partial charge < -0.3 is 14.7 Å². The monoisotopic (exact) mass is 340 g/mol. The lowest BCUT2D eigenvalue weighted by Gasteiger charge is -2.35. The second-order valence-electron chi connectivity index (χ2n) is 6.77. The highest BCUT2D eigenvalue weighted by atomic mass is 16.5. The minimum atomic E-state index is -1.03. The first-order chi connectivity index (χ1) is 12.0. The molecule has 6 heteroatoms. The number of benzene rings is 1. The second kappa shape index (κ2) is 6.11. The third-order valence-electron chi connectivity index (χ3n) is 4.96. The molecule has 2 heterocycles. The van der Waals surface area contributed by atoms with Crippen LogP contribution in [0.5, 0.6) is 0 Å². The van der Waals surface area contributed by atoms with Gasteiger partial charge >= 0.3 is 5.97 Å². The first kappa shape index (κ1) is 16.0. The van der Waals surface area contributed by atoms with E-state index < -0.39 is 12.1 Å². The Hall–Kier alpha value is -2.47. The maximum atomic E-state index is 13.3. The molecule has 4 rings (SSSR count). The third kappa shape index (κ3) is 2.76. The van der Waals surface area contributed by atoms with Gasteiger partial charge in [0.25, 0.3) is 5.91 Å². The maximum absolute atomic E-state index is 13.3. The van der Waals surface area contributed by atoms with Crippen molar-refractivity contribution in [1.29, 1.82) is 0 Å². The van der Waals surface area contributed by atoms with Crippen LogP contribution in [0.4, 0.5) is 0 Å². The summed E-state index contributed by atoms with van der Waals surface area (Å²) in [5.41, 5.74) is 3.53. The molecule has 1 amide bonds. The number of fused-ring (bicyclic) bond motifs is 2. The lowest BCUT2D eigenvalue weighted by molar-refractivity contribution is -0.160. The van der Waals surface area contributed by atoms with Crippen LogP contribution in [-0.4, -0.2) is 52.2 Å². The summed E-state index contributed by atoms with van der Waals surface area (Å²) in [5, 5.41) is 10.1. The average molecular weight is 340 g/mol. The Balaban J connectivity index is 1.79. The number of nitrogens with zero attached hydrogens (tertiary/aromatic N) is 2. The van der Waals surface area contributed by atoms with E-state index in [2.05, 4.69) is 0 Å². The summed E-state index contributed by atoms with van der Waals surface area (Å²) in [6, 6.07) is 7.67. The van der Waals surface area contributed by atoms with Crippen molar-refractivity contribution in [1.82, 2.24) is 9.88 Å². The number of amides is 1. The first-order valence-electron chi connectivity index (χ1n) is 8.62. The molecule has 1 aromatic heterocycles. The Morgan fingerprint density at radius 1 is 1.24 bits per heavy atom. The predicted molar refractivity (Wildman–Crippen MR) is 91.6 cm³/mol. The fourth-order valence-corrected chi connectivity index (χ4v) is 3.87. The van der Waals surface area contributed by atoms with E-state index in [1.54, 1.807) is 11.8 Å². The van der Waals surface area contributed by atoms with Gasteiger partial charge in [0, 0.05) is 17.6 Å². The Labute approximate surface area is 145 Å². The minimum Gasteiger partial charge on any atom is -0.479 e. The van der Waals surface area contributed by atoms with Gasteiger partial charge in [-0.2, -0.15) is 0 Å². The van der Waals surface area contributed by atoms with Crippen molar-refractivity contribution in [2.45, 2.75) is 38.4 Å². The number of hydrogen-bond donors (Lipinski definition) is 1. The lowest BCUT2D eigenvalue weighted by atomic mass is 9.99. The Kier molecular flexibility index (Phi) is 3.92. The maximum Gasteiger partial charge on any atom is 0.334 e. The summed E-state index contributed by atoms with van der Waals surface area (Å²) in [7, 11) is 0. The van der Waals surface area contributed by atoms with Crippen LogP contribution in [0, 0.1) is 0 Å². The van der Waals surface area contributed by atoms with Gasteiger partial charge in [0.15, 0.2) is 6.10 Å². The number of aromatic nitrogens is 1. The molecule has 6 nitrogen and oxygen atoms in total. The number of aliphatic carboxylic acids is 1. The molecule has 2 aliphatic rings. The van der Waals surface area contributed by atoms with Gasteiger partial charge in [-0.3, -0.25) is 9.78 Å². The van der Waals surface area contributed by atoms with E-state index in [0.717, 1.165) is 41.4 Å². The van der Waals surface area contributed by atoms with E-state index in [0.29, 0.717) is 12.1 Å². The van der Waals surface area contributed by atoms with Crippen LogP contribution >= 0.6 is 0 Å². The third-order valence-corrected chi connectivity index (χ3v) is 4.96. The molecular formula is C19H20N2O4. The van der Waals surface area contributed by atoms with Crippen LogP contribution in [-0.2, 0) is 22.4 Å². The zero-order valence-electron chi connectivity index (χ0n) is 14.1. The van der Waals surface area contributed by atoms with Gasteiger partial charge in [-0.15, -0.1) is 0 Å². The Morgan fingerprint density at radius 3 is 2.84 bits per heavy atom. The van der Waals surface area contributed by atoms with E-state index in [1.165, 1.54) is 0 Å². The molecule has 1 aliphatic heterocycles. The Morgan fingerprint density at radius 2 is 2.04 bits per heavy atom. The highest BCUT2D eigenvalue weighted by molar-refractivity contribution is 6.08. The Bertz CT molecular complexity index is 864. The van der Waals surface area contributed by atoms with E-state index in [4.69, 9.17) is 9.72 Å². The van der Waals surface area contributed by atoms with Crippen molar-refractivity contribution in [3.63, 3.8) is 0 Å². The van der Waals surface area contributed by atoms with E-state index in [9.17, 15) is 14.7 Å². The van der Waals surface area contributed by atoms with Gasteiger partial charge in [-0.25, -0.2) is 4.79 Å². The average Bonchev–Trinajstić information content (AvgIpc) is 3.06. The van der Waals surface area contributed by atoms with Crippen LogP contribution < -0.4 is 0 Å². The van der Waals surface area contributed by atoms with Crippen molar-refractivity contribution in [2.24, 2.45) is 0 Å². The molecule has 2 atom stereocenters. The molecule has 0 spiro atoms. The topological polar surface area (TPSA) is 79.7 Å². The van der Waals surface area contributed by atoms with Crippen molar-refractivity contribution in [3.05, 3.63) is 41.1 Å². The zero-order valence-corrected chi connectivity index (χ0v) is 14.1. The van der Waals surface area contributed by atoms with Crippen LogP contribution in [0.15, 0.2) is 24.3 Å². The summed E-state index contributed by atoms with van der Waals surface area (Å²) in [6.45, 7) is 2.27. The second-order valence-corrected chi connectivity index (χ2v) is 6.77. The highest BCUT2D eigenvalue weighted by Gasteiger charge is 2.35. The van der Waals surface area contributed by atoms with Gasteiger partial charge in [0.1, 0.15) is 0 Å². The van der Waals surface area contributed by atoms with E-state index in [1.807, 2.05) is 24.3 Å². The predicted octanol–water partition coefficient (Wildman–Crippen LogP) is 2.04. The number of rotatable bonds is 2. The number of hydrogen-bond acceptors (Lipinski definition) is 4. The van der Waals surface area contributed by atoms with Crippen LogP contribution in [0.2, 0.25) is 0 Å². The molecule has 1 N–H and O–H groups in total. The van der Waals surface area contributed by atoms with Crippen molar-refractivity contribution >= 4 is 22.8 Å². The quantitative estimate of drug-likeness (QED) is 0.905. The number of carboxylic acid groups (broad SMARTS) is 1. The lowest BCUT2D eigenvalue weighted by Crippen LogP contribution is -2.52. The SMILES string of the molecule is C[C@@H]1CN(C(=O)c2c3c(nc4ccccc24)CCC3)CC(C(=O)O)O1. The fraction of sp³-hybridized carbons (Fsp3) is 0.421. The standard InChI is InChI=1S/C19H20N2O4/c1-11-9-21(10-16(25-11)19(23)24)18(22)17-12-5-2-3-7-14(12)20-15-8-4-6-13(15)17/h2-3,5,7,11,16H,4,6,8-10H2,1H3,(H,23,24)/t11-,16?/m1/s1. The van der Waals surface area contributed by atoms with E-state index in [-0.39, 0.29) is 18.6 Å². The van der Waals surface area contributed by atoms with Gasteiger partial charge in [0.05, 0.1) is 23.7 Å². The minimum absolute atomic E-state index is 0.0733. The molecule has 0 saturated carbocycles. The summed E-state index contributed by atoms with van der Waals surface area (Å²) >= 11 is 0. The number of carbonyl (C=O) groups is 2. The van der Waals surface area contributed by atoms with Gasteiger partial charge in [-0.1, -0.05) is 18.2 Å². The largest absolute Gasteiger partial charge is 0.479 e. The molecule has 130 valence electrons. The molecule has 25 heavy (non-hydrogen) atoms. The molecule has 1 aromatic carbocycles.